The molecule has 0 unspecified atom stereocenters. The number of carbonyl (C=O) groups excluding carboxylic acids is 1. The molecule has 26 heavy (non-hydrogen) atoms. The summed E-state index contributed by atoms with van der Waals surface area (Å²) < 4.78 is 18.3. The average molecular weight is 367 g/mol. The molecule has 130 valence electrons. The number of anilines is 1. The quantitative estimate of drug-likeness (QED) is 0.538. The van der Waals surface area contributed by atoms with Gasteiger partial charge in [0.15, 0.2) is 5.13 Å². The molecule has 0 saturated heterocycles. The number of nitrogens with one attached hydrogen (secondary N) is 1. The third kappa shape index (κ3) is 4.43. The first-order valence-corrected chi connectivity index (χ1v) is 8.54. The number of thiazole rings is 1. The summed E-state index contributed by atoms with van der Waals surface area (Å²) in [5, 5.41) is 12.2. The van der Waals surface area contributed by atoms with Gasteiger partial charge in [-0.1, -0.05) is 12.1 Å². The van der Waals surface area contributed by atoms with Crippen molar-refractivity contribution in [1.29, 1.82) is 5.26 Å². The Bertz CT molecular complexity index is 996. The average Bonchev–Trinajstić information content (AvgIpc) is 3.23. The number of hydrogen-bond acceptors (Lipinski definition) is 5. The number of nitrogens with zero attached hydrogens (tertiary/aromatic N) is 2. The lowest BCUT2D eigenvalue weighted by Gasteiger charge is -1.99. The van der Waals surface area contributed by atoms with E-state index in [-0.39, 0.29) is 11.4 Å². The van der Waals surface area contributed by atoms with Crippen molar-refractivity contribution in [1.82, 2.24) is 4.98 Å². The highest BCUT2D eigenvalue weighted by Gasteiger charge is 2.13. The minimum absolute atomic E-state index is 0.0744. The second-order valence-electron chi connectivity index (χ2n) is 5.51. The van der Waals surface area contributed by atoms with Gasteiger partial charge < -0.3 is 4.42 Å². The van der Waals surface area contributed by atoms with Gasteiger partial charge in [-0.2, -0.15) is 5.26 Å². The highest BCUT2D eigenvalue weighted by atomic mass is 32.1. The van der Waals surface area contributed by atoms with Crippen molar-refractivity contribution >= 4 is 28.5 Å². The smallest absolute Gasteiger partial charge is 0.268 e. The number of hydrogen-bond donors (Lipinski definition) is 1. The lowest BCUT2D eigenvalue weighted by molar-refractivity contribution is -0.112. The van der Waals surface area contributed by atoms with Gasteiger partial charge in [-0.05, 0) is 36.8 Å². The van der Waals surface area contributed by atoms with E-state index in [1.807, 2.05) is 6.07 Å². The molecule has 0 aliphatic carbocycles. The van der Waals surface area contributed by atoms with E-state index < -0.39 is 5.91 Å². The molecule has 0 aliphatic rings. The van der Waals surface area contributed by atoms with Gasteiger partial charge in [-0.3, -0.25) is 10.1 Å². The van der Waals surface area contributed by atoms with Crippen molar-refractivity contribution < 1.29 is 13.6 Å². The largest absolute Gasteiger partial charge is 0.462 e. The number of nitriles is 1. The summed E-state index contributed by atoms with van der Waals surface area (Å²) in [6.07, 6.45) is 3.62. The zero-order valence-corrected chi connectivity index (χ0v) is 14.6. The van der Waals surface area contributed by atoms with Gasteiger partial charge in [0.05, 0.1) is 0 Å². The van der Waals surface area contributed by atoms with E-state index in [1.165, 1.54) is 29.5 Å². The minimum atomic E-state index is -0.552. The lowest BCUT2D eigenvalue weighted by atomic mass is 10.1. The van der Waals surface area contributed by atoms with Gasteiger partial charge in [-0.25, -0.2) is 9.37 Å². The maximum absolute atomic E-state index is 12.9. The summed E-state index contributed by atoms with van der Waals surface area (Å²) >= 11 is 1.30. The number of aromatic nitrogens is 1. The van der Waals surface area contributed by atoms with Crippen molar-refractivity contribution in [3.05, 3.63) is 75.9 Å². The fourth-order valence-electron chi connectivity index (χ4n) is 2.24. The van der Waals surface area contributed by atoms with Crippen molar-refractivity contribution in [2.24, 2.45) is 0 Å². The Balaban J connectivity index is 1.67. The Morgan fingerprint density at radius 1 is 1.35 bits per heavy atom. The van der Waals surface area contributed by atoms with Crippen LogP contribution >= 0.6 is 11.3 Å². The summed E-state index contributed by atoms with van der Waals surface area (Å²) in [5.74, 6) is 0.294. The van der Waals surface area contributed by atoms with Gasteiger partial charge in [-0.15, -0.1) is 11.3 Å². The second kappa shape index (κ2) is 7.76. The molecule has 0 aliphatic heterocycles. The number of amides is 1. The van der Waals surface area contributed by atoms with Gasteiger partial charge in [0.2, 0.25) is 0 Å². The second-order valence-corrected chi connectivity index (χ2v) is 6.62. The first-order valence-electron chi connectivity index (χ1n) is 7.72. The maximum atomic E-state index is 12.9. The summed E-state index contributed by atoms with van der Waals surface area (Å²) in [6, 6.07) is 11.5. The molecule has 0 radical (unpaired) electrons. The Kier molecular flexibility index (Phi) is 5.25. The van der Waals surface area contributed by atoms with Gasteiger partial charge in [0, 0.05) is 23.6 Å². The summed E-state index contributed by atoms with van der Waals surface area (Å²) in [5.41, 5.74) is 0.869. The number of rotatable bonds is 5. The monoisotopic (exact) mass is 367 g/mol. The Morgan fingerprint density at radius 3 is 2.77 bits per heavy atom. The molecule has 3 aromatic rings. The molecule has 1 amide bonds. The zero-order valence-electron chi connectivity index (χ0n) is 13.8. The van der Waals surface area contributed by atoms with E-state index in [9.17, 15) is 14.4 Å². The predicted octanol–water partition coefficient (Wildman–Crippen LogP) is 4.32. The van der Waals surface area contributed by atoms with Crippen LogP contribution < -0.4 is 5.32 Å². The van der Waals surface area contributed by atoms with Gasteiger partial charge in [0.25, 0.3) is 5.91 Å². The molecule has 3 rings (SSSR count). The molecule has 1 aromatic carbocycles. The van der Waals surface area contributed by atoms with Crippen molar-refractivity contribution in [2.75, 3.05) is 5.32 Å². The van der Waals surface area contributed by atoms with Crippen LogP contribution in [0.3, 0.4) is 0 Å². The fraction of sp³-hybridized carbons (Fsp3) is 0.105. The minimum Gasteiger partial charge on any atom is -0.462 e. The van der Waals surface area contributed by atoms with Gasteiger partial charge in [0.1, 0.15) is 29.0 Å². The third-order valence-electron chi connectivity index (χ3n) is 3.48. The van der Waals surface area contributed by atoms with E-state index >= 15 is 0 Å². The number of furan rings is 1. The van der Waals surface area contributed by atoms with Crippen LogP contribution in [-0.2, 0) is 11.2 Å². The number of carbonyl (C=O) groups is 1. The highest BCUT2D eigenvalue weighted by Crippen LogP contribution is 2.22. The zero-order chi connectivity index (χ0) is 18.5. The molecule has 5 nitrogen and oxygen atoms in total. The van der Waals surface area contributed by atoms with Crippen molar-refractivity contribution in [2.45, 2.75) is 13.3 Å². The number of benzene rings is 1. The molecule has 2 heterocycles. The maximum Gasteiger partial charge on any atom is 0.268 e. The van der Waals surface area contributed by atoms with E-state index in [4.69, 9.17) is 4.42 Å². The first-order chi connectivity index (χ1) is 12.5. The van der Waals surface area contributed by atoms with E-state index in [0.717, 1.165) is 10.4 Å². The van der Waals surface area contributed by atoms with Crippen LogP contribution in [0.15, 0.2) is 52.6 Å². The Labute approximate surface area is 153 Å². The van der Waals surface area contributed by atoms with Crippen LogP contribution in [0.5, 0.6) is 0 Å². The SMILES string of the molecule is Cc1ccc(/C=C(/C#N)C(=O)Nc2ncc(Cc3ccc(F)cc3)s2)o1. The van der Waals surface area contributed by atoms with Crippen LogP contribution in [0, 0.1) is 24.1 Å². The van der Waals surface area contributed by atoms with Crippen LogP contribution in [0.4, 0.5) is 9.52 Å². The molecular weight excluding hydrogens is 353 g/mol. The number of halogens is 1. The third-order valence-corrected chi connectivity index (χ3v) is 4.39. The van der Waals surface area contributed by atoms with Crippen molar-refractivity contribution in [3.63, 3.8) is 0 Å². The van der Waals surface area contributed by atoms with E-state index in [0.29, 0.717) is 23.1 Å². The summed E-state index contributed by atoms with van der Waals surface area (Å²) in [7, 11) is 0. The molecule has 1 N–H and O–H groups in total. The molecule has 0 bridgehead atoms. The standard InChI is InChI=1S/C19H14FN3O2S/c1-12-2-7-16(25-12)9-14(10-21)18(24)23-19-22-11-17(26-19)8-13-3-5-15(20)6-4-13/h2-7,9,11H,8H2,1H3,(H,22,23,24)/b14-9-. The number of aryl methyl sites for hydroxylation is 1. The van der Waals surface area contributed by atoms with E-state index in [1.54, 1.807) is 37.4 Å². The molecular formula is C19H14FN3O2S. The summed E-state index contributed by atoms with van der Waals surface area (Å²) in [6.45, 7) is 1.78. The fourth-order valence-corrected chi connectivity index (χ4v) is 3.08. The van der Waals surface area contributed by atoms with Crippen LogP contribution in [0.1, 0.15) is 22.0 Å². The first kappa shape index (κ1) is 17.6. The molecule has 0 fully saturated rings. The highest BCUT2D eigenvalue weighted by molar-refractivity contribution is 7.15. The molecule has 0 saturated carbocycles. The molecule has 7 heteroatoms. The normalized spacial score (nSPS) is 11.2. The predicted molar refractivity (Wildman–Crippen MR) is 97.0 cm³/mol. The van der Waals surface area contributed by atoms with E-state index in [2.05, 4.69) is 10.3 Å². The van der Waals surface area contributed by atoms with Crippen LogP contribution in [0.25, 0.3) is 6.08 Å². The van der Waals surface area contributed by atoms with Crippen molar-refractivity contribution in [3.8, 4) is 6.07 Å². The van der Waals surface area contributed by atoms with Crippen LogP contribution in [0.2, 0.25) is 0 Å². The Morgan fingerprint density at radius 2 is 2.12 bits per heavy atom. The van der Waals surface area contributed by atoms with Crippen LogP contribution in [-0.4, -0.2) is 10.9 Å². The lowest BCUT2D eigenvalue weighted by Crippen LogP contribution is -2.13. The topological polar surface area (TPSA) is 78.9 Å². The molecule has 0 spiro atoms. The van der Waals surface area contributed by atoms with Gasteiger partial charge >= 0.3 is 0 Å². The molecule has 2 aromatic heterocycles. The molecule has 0 atom stereocenters. The summed E-state index contributed by atoms with van der Waals surface area (Å²) in [4.78, 5) is 17.3. The Hall–Kier alpha value is -3.24.